The van der Waals surface area contributed by atoms with Gasteiger partial charge in [-0.1, -0.05) is 41.7 Å². The van der Waals surface area contributed by atoms with Crippen LogP contribution in [-0.2, 0) is 14.8 Å². The van der Waals surface area contributed by atoms with Gasteiger partial charge in [-0.3, -0.25) is 4.79 Å². The van der Waals surface area contributed by atoms with Crippen molar-refractivity contribution in [2.24, 2.45) is 5.92 Å². The van der Waals surface area contributed by atoms with Gasteiger partial charge in [-0.25, -0.2) is 12.7 Å². The zero-order valence-corrected chi connectivity index (χ0v) is 14.8. The van der Waals surface area contributed by atoms with Crippen molar-refractivity contribution in [3.63, 3.8) is 0 Å². The Morgan fingerprint density at radius 2 is 2.04 bits per heavy atom. The Hall–Kier alpha value is -1.84. The molecule has 0 aliphatic carbocycles. The Kier molecular flexibility index (Phi) is 4.93. The third kappa shape index (κ3) is 3.97. The van der Waals surface area contributed by atoms with Gasteiger partial charge >= 0.3 is 0 Å². The van der Waals surface area contributed by atoms with Crippen LogP contribution in [0.2, 0.25) is 0 Å². The highest BCUT2D eigenvalue weighted by Crippen LogP contribution is 2.27. The zero-order valence-electron chi connectivity index (χ0n) is 13.2. The fourth-order valence-electron chi connectivity index (χ4n) is 2.64. The third-order valence-electron chi connectivity index (χ3n) is 3.90. The smallest absolute Gasteiger partial charge is 0.230 e. The molecule has 0 saturated carbocycles. The number of hydrogen-bond acceptors (Lipinski definition) is 6. The van der Waals surface area contributed by atoms with Crippen molar-refractivity contribution in [2.45, 2.75) is 12.8 Å². The Balaban J connectivity index is 1.66. The van der Waals surface area contributed by atoms with Crippen LogP contribution in [0.25, 0.3) is 10.6 Å². The SMILES string of the molecule is CS(=O)(=O)N1CCC[C@H](C(=O)Nc2nnc(-c3ccccc3)s2)C1. The van der Waals surface area contributed by atoms with Crippen molar-refractivity contribution < 1.29 is 13.2 Å². The summed E-state index contributed by atoms with van der Waals surface area (Å²) in [5.41, 5.74) is 0.941. The van der Waals surface area contributed by atoms with Crippen molar-refractivity contribution in [3.8, 4) is 10.6 Å². The number of carbonyl (C=O) groups excluding carboxylic acids is 1. The predicted molar refractivity (Wildman–Crippen MR) is 93.1 cm³/mol. The molecule has 1 saturated heterocycles. The third-order valence-corrected chi connectivity index (χ3v) is 6.06. The first-order valence-electron chi connectivity index (χ1n) is 7.58. The average Bonchev–Trinajstić information content (AvgIpc) is 3.03. The van der Waals surface area contributed by atoms with Gasteiger partial charge in [-0.05, 0) is 12.8 Å². The highest BCUT2D eigenvalue weighted by molar-refractivity contribution is 7.88. The monoisotopic (exact) mass is 366 g/mol. The first kappa shape index (κ1) is 17.0. The Morgan fingerprint density at radius 1 is 1.29 bits per heavy atom. The number of sulfonamides is 1. The van der Waals surface area contributed by atoms with Crippen LogP contribution in [0.5, 0.6) is 0 Å². The first-order chi connectivity index (χ1) is 11.4. The number of carbonyl (C=O) groups is 1. The number of anilines is 1. The van der Waals surface area contributed by atoms with Gasteiger partial charge in [0.2, 0.25) is 21.1 Å². The van der Waals surface area contributed by atoms with E-state index in [1.807, 2.05) is 30.3 Å². The number of rotatable bonds is 4. The van der Waals surface area contributed by atoms with E-state index in [0.29, 0.717) is 24.5 Å². The number of amides is 1. The number of hydrogen-bond donors (Lipinski definition) is 1. The number of benzene rings is 1. The van der Waals surface area contributed by atoms with Gasteiger partial charge in [0.25, 0.3) is 0 Å². The van der Waals surface area contributed by atoms with E-state index < -0.39 is 10.0 Å². The average molecular weight is 366 g/mol. The van der Waals surface area contributed by atoms with E-state index in [2.05, 4.69) is 15.5 Å². The molecule has 2 aromatic rings. The van der Waals surface area contributed by atoms with E-state index in [1.54, 1.807) is 0 Å². The summed E-state index contributed by atoms with van der Waals surface area (Å²) >= 11 is 1.30. The van der Waals surface area contributed by atoms with Gasteiger partial charge in [-0.15, -0.1) is 10.2 Å². The summed E-state index contributed by atoms with van der Waals surface area (Å²) < 4.78 is 24.7. The Bertz CT molecular complexity index is 820. The summed E-state index contributed by atoms with van der Waals surface area (Å²) in [4.78, 5) is 12.4. The molecule has 1 aliphatic rings. The summed E-state index contributed by atoms with van der Waals surface area (Å²) in [6.45, 7) is 0.689. The van der Waals surface area contributed by atoms with E-state index in [-0.39, 0.29) is 18.4 Å². The van der Waals surface area contributed by atoms with Gasteiger partial charge in [0.1, 0.15) is 5.01 Å². The second kappa shape index (κ2) is 6.96. The summed E-state index contributed by atoms with van der Waals surface area (Å²) in [7, 11) is -3.27. The molecule has 0 radical (unpaired) electrons. The molecule has 0 spiro atoms. The fourth-order valence-corrected chi connectivity index (χ4v) is 4.30. The highest BCUT2D eigenvalue weighted by atomic mass is 32.2. The van der Waals surface area contributed by atoms with Crippen molar-refractivity contribution in [2.75, 3.05) is 24.7 Å². The fraction of sp³-hybridized carbons (Fsp3) is 0.400. The minimum Gasteiger partial charge on any atom is -0.300 e. The van der Waals surface area contributed by atoms with Crippen LogP contribution in [-0.4, -0.2) is 48.2 Å². The number of nitrogens with one attached hydrogen (secondary N) is 1. The topological polar surface area (TPSA) is 92.3 Å². The molecular weight excluding hydrogens is 348 g/mol. The molecule has 7 nitrogen and oxygen atoms in total. The van der Waals surface area contributed by atoms with E-state index in [0.717, 1.165) is 10.6 Å². The summed E-state index contributed by atoms with van der Waals surface area (Å²) in [5, 5.41) is 12.0. The van der Waals surface area contributed by atoms with Crippen LogP contribution < -0.4 is 5.32 Å². The predicted octanol–water partition coefficient (Wildman–Crippen LogP) is 1.82. The highest BCUT2D eigenvalue weighted by Gasteiger charge is 2.30. The first-order valence-corrected chi connectivity index (χ1v) is 10.2. The van der Waals surface area contributed by atoms with Crippen LogP contribution in [0.4, 0.5) is 5.13 Å². The molecular formula is C15H18N4O3S2. The molecule has 1 atom stereocenters. The molecule has 1 aliphatic heterocycles. The maximum absolute atomic E-state index is 12.4. The second-order valence-corrected chi connectivity index (χ2v) is 8.69. The summed E-state index contributed by atoms with van der Waals surface area (Å²) in [6.07, 6.45) is 2.52. The van der Waals surface area contributed by atoms with Crippen molar-refractivity contribution in [1.29, 1.82) is 0 Å². The lowest BCUT2D eigenvalue weighted by Crippen LogP contribution is -2.43. The molecule has 2 heterocycles. The molecule has 24 heavy (non-hydrogen) atoms. The maximum atomic E-state index is 12.4. The zero-order chi connectivity index (χ0) is 17.2. The van der Waals surface area contributed by atoms with Crippen molar-refractivity contribution >= 4 is 32.4 Å². The molecule has 0 bridgehead atoms. The van der Waals surface area contributed by atoms with Crippen LogP contribution in [0.1, 0.15) is 12.8 Å². The largest absolute Gasteiger partial charge is 0.300 e. The molecule has 1 N–H and O–H groups in total. The summed E-state index contributed by atoms with van der Waals surface area (Å²) in [6, 6.07) is 9.60. The molecule has 3 rings (SSSR count). The molecule has 1 aromatic heterocycles. The normalized spacial score (nSPS) is 19.1. The molecule has 0 unspecified atom stereocenters. The van der Waals surface area contributed by atoms with E-state index in [9.17, 15) is 13.2 Å². The molecule has 9 heteroatoms. The van der Waals surface area contributed by atoms with Crippen molar-refractivity contribution in [1.82, 2.24) is 14.5 Å². The lowest BCUT2D eigenvalue weighted by atomic mass is 9.99. The van der Waals surface area contributed by atoms with Crippen LogP contribution in [0.15, 0.2) is 30.3 Å². The standard InChI is InChI=1S/C15H18N4O3S2/c1-24(21,22)19-9-5-8-12(10-19)13(20)16-15-18-17-14(23-15)11-6-3-2-4-7-11/h2-4,6-7,12H,5,8-10H2,1H3,(H,16,18,20)/t12-/m0/s1. The van der Waals surface area contributed by atoms with Gasteiger partial charge < -0.3 is 5.32 Å². The van der Waals surface area contributed by atoms with Crippen LogP contribution >= 0.6 is 11.3 Å². The van der Waals surface area contributed by atoms with Gasteiger partial charge in [0.15, 0.2) is 0 Å². The number of aromatic nitrogens is 2. The molecule has 1 fully saturated rings. The molecule has 1 aromatic carbocycles. The minimum absolute atomic E-state index is 0.209. The van der Waals surface area contributed by atoms with Gasteiger partial charge in [0.05, 0.1) is 12.2 Å². The maximum Gasteiger partial charge on any atom is 0.230 e. The second-order valence-electron chi connectivity index (χ2n) is 5.73. The Morgan fingerprint density at radius 3 is 2.75 bits per heavy atom. The van der Waals surface area contributed by atoms with E-state index in [4.69, 9.17) is 0 Å². The Labute approximate surface area is 144 Å². The van der Waals surface area contributed by atoms with E-state index >= 15 is 0 Å². The van der Waals surface area contributed by atoms with E-state index in [1.165, 1.54) is 21.9 Å². The minimum atomic E-state index is -3.27. The number of nitrogens with zero attached hydrogens (tertiary/aromatic N) is 3. The van der Waals surface area contributed by atoms with Crippen LogP contribution in [0.3, 0.4) is 0 Å². The quantitative estimate of drug-likeness (QED) is 0.891. The van der Waals surface area contributed by atoms with Crippen LogP contribution in [0, 0.1) is 5.92 Å². The number of piperidine rings is 1. The molecule has 1 amide bonds. The lowest BCUT2D eigenvalue weighted by Gasteiger charge is -2.29. The lowest BCUT2D eigenvalue weighted by molar-refractivity contribution is -0.120. The molecule has 128 valence electrons. The summed E-state index contributed by atoms with van der Waals surface area (Å²) in [5.74, 6) is -0.573. The van der Waals surface area contributed by atoms with Gasteiger partial charge in [-0.2, -0.15) is 0 Å². The van der Waals surface area contributed by atoms with Gasteiger partial charge in [0, 0.05) is 18.7 Å². The van der Waals surface area contributed by atoms with Crippen molar-refractivity contribution in [3.05, 3.63) is 30.3 Å².